The molecule has 0 aliphatic rings. The largest absolute Gasteiger partial charge is 0.360 e. The van der Waals surface area contributed by atoms with Gasteiger partial charge in [-0.15, -0.1) is 10.2 Å². The lowest BCUT2D eigenvalue weighted by atomic mass is 10.2. The van der Waals surface area contributed by atoms with Gasteiger partial charge in [-0.2, -0.15) is 0 Å². The van der Waals surface area contributed by atoms with E-state index in [9.17, 15) is 4.79 Å². The van der Waals surface area contributed by atoms with Crippen molar-refractivity contribution in [1.29, 1.82) is 0 Å². The third-order valence-corrected chi connectivity index (χ3v) is 4.65. The van der Waals surface area contributed by atoms with Crippen LogP contribution in [0.25, 0.3) is 0 Å². The predicted octanol–water partition coefficient (Wildman–Crippen LogP) is 3.02. The average molecular weight is 341 g/mol. The van der Waals surface area contributed by atoms with Crippen molar-refractivity contribution in [2.75, 3.05) is 17.2 Å². The van der Waals surface area contributed by atoms with E-state index >= 15 is 0 Å². The quantitative estimate of drug-likeness (QED) is 0.748. The second-order valence-electron chi connectivity index (χ2n) is 5.23. The number of nitrogens with one attached hydrogen (secondary N) is 2. The minimum absolute atomic E-state index is 0.159. The number of carbonyl (C=O) groups is 1. The molecule has 120 valence electrons. The molecule has 0 aliphatic heterocycles. The Morgan fingerprint density at radius 1 is 1.41 bits per heavy atom. The topological polar surface area (TPSA) is 92.9 Å². The highest BCUT2D eigenvalue weighted by Crippen LogP contribution is 2.29. The van der Waals surface area contributed by atoms with Crippen LogP contribution in [-0.4, -0.2) is 33.1 Å². The number of amides is 1. The van der Waals surface area contributed by atoms with Crippen LogP contribution in [0.3, 0.4) is 0 Å². The molecule has 9 heteroatoms. The van der Waals surface area contributed by atoms with Crippen molar-refractivity contribution in [3.63, 3.8) is 0 Å². The Hall–Kier alpha value is -1.61. The number of nitrogens with zero attached hydrogens (tertiary/aromatic N) is 3. The number of thioether (sulfide) groups is 1. The molecule has 1 amide bonds. The minimum Gasteiger partial charge on any atom is -0.360 e. The Morgan fingerprint density at radius 2 is 2.18 bits per heavy atom. The number of aromatic nitrogens is 3. The maximum Gasteiger partial charge on any atom is 0.240 e. The molecule has 0 saturated heterocycles. The third kappa shape index (κ3) is 4.99. The van der Waals surface area contributed by atoms with Gasteiger partial charge in [-0.25, -0.2) is 0 Å². The summed E-state index contributed by atoms with van der Waals surface area (Å²) in [6, 6.07) is 1.67. The van der Waals surface area contributed by atoms with Crippen LogP contribution in [-0.2, 0) is 4.79 Å². The molecule has 0 radical (unpaired) electrons. The van der Waals surface area contributed by atoms with Crippen molar-refractivity contribution < 1.29 is 9.32 Å². The van der Waals surface area contributed by atoms with E-state index in [1.165, 1.54) is 23.1 Å². The standard InChI is InChI=1S/C13H19N5O2S2/c1-7(2)6-14-12-16-17-13(22-12)21-9(4)11(19)15-10-5-8(3)18-20-10/h5,7,9H,6H2,1-4H3,(H,14,16)(H,15,19). The molecule has 7 nitrogen and oxygen atoms in total. The fourth-order valence-electron chi connectivity index (χ4n) is 1.47. The minimum atomic E-state index is -0.309. The Kier molecular flexibility index (Phi) is 5.78. The first-order chi connectivity index (χ1) is 10.4. The first kappa shape index (κ1) is 16.8. The molecule has 1 atom stereocenters. The molecular weight excluding hydrogens is 322 g/mol. The molecule has 2 rings (SSSR count). The van der Waals surface area contributed by atoms with Gasteiger partial charge in [0.1, 0.15) is 0 Å². The van der Waals surface area contributed by atoms with Crippen LogP contribution in [0, 0.1) is 12.8 Å². The Labute approximate surface area is 137 Å². The lowest BCUT2D eigenvalue weighted by molar-refractivity contribution is -0.115. The number of aryl methyl sites for hydroxylation is 1. The molecule has 0 aromatic carbocycles. The molecule has 0 saturated carbocycles. The molecule has 2 heterocycles. The number of carbonyl (C=O) groups excluding carboxylic acids is 1. The maximum atomic E-state index is 12.1. The van der Waals surface area contributed by atoms with E-state index in [0.29, 0.717) is 11.8 Å². The van der Waals surface area contributed by atoms with Crippen LogP contribution in [0.2, 0.25) is 0 Å². The summed E-state index contributed by atoms with van der Waals surface area (Å²) in [6.07, 6.45) is 0. The van der Waals surface area contributed by atoms with Gasteiger partial charge >= 0.3 is 0 Å². The molecular formula is C13H19N5O2S2. The Balaban J connectivity index is 1.85. The number of rotatable bonds is 7. The molecule has 22 heavy (non-hydrogen) atoms. The number of hydrogen-bond acceptors (Lipinski definition) is 8. The van der Waals surface area contributed by atoms with E-state index in [4.69, 9.17) is 4.52 Å². The van der Waals surface area contributed by atoms with E-state index in [2.05, 4.69) is 39.8 Å². The first-order valence-corrected chi connectivity index (χ1v) is 8.62. The van der Waals surface area contributed by atoms with Crippen molar-refractivity contribution >= 4 is 40.0 Å². The van der Waals surface area contributed by atoms with Gasteiger partial charge in [-0.05, 0) is 19.8 Å². The van der Waals surface area contributed by atoms with Crippen LogP contribution in [0.15, 0.2) is 14.9 Å². The van der Waals surface area contributed by atoms with Gasteiger partial charge < -0.3 is 9.84 Å². The van der Waals surface area contributed by atoms with Crippen LogP contribution in [0.1, 0.15) is 26.5 Å². The van der Waals surface area contributed by atoms with E-state index < -0.39 is 0 Å². The summed E-state index contributed by atoms with van der Waals surface area (Å²) in [5, 5.41) is 18.2. The van der Waals surface area contributed by atoms with Crippen molar-refractivity contribution in [1.82, 2.24) is 15.4 Å². The first-order valence-electron chi connectivity index (χ1n) is 6.92. The van der Waals surface area contributed by atoms with E-state index in [1.807, 2.05) is 6.92 Å². The van der Waals surface area contributed by atoms with Crippen LogP contribution < -0.4 is 10.6 Å². The molecule has 0 fully saturated rings. The maximum absolute atomic E-state index is 12.1. The Bertz CT molecular complexity index is 625. The van der Waals surface area contributed by atoms with Crippen LogP contribution in [0.4, 0.5) is 11.0 Å². The SMILES string of the molecule is Cc1cc(NC(=O)C(C)Sc2nnc(NCC(C)C)s2)on1. The summed E-state index contributed by atoms with van der Waals surface area (Å²) >= 11 is 2.81. The fraction of sp³-hybridized carbons (Fsp3) is 0.538. The lowest BCUT2D eigenvalue weighted by Gasteiger charge is -2.07. The van der Waals surface area contributed by atoms with Gasteiger partial charge in [0.2, 0.25) is 16.9 Å². The van der Waals surface area contributed by atoms with Crippen molar-refractivity contribution in [2.24, 2.45) is 5.92 Å². The van der Waals surface area contributed by atoms with Crippen LogP contribution >= 0.6 is 23.1 Å². The van der Waals surface area contributed by atoms with Gasteiger partial charge in [-0.3, -0.25) is 10.1 Å². The van der Waals surface area contributed by atoms with E-state index in [1.54, 1.807) is 13.0 Å². The molecule has 0 bridgehead atoms. The zero-order chi connectivity index (χ0) is 16.1. The Morgan fingerprint density at radius 3 is 2.82 bits per heavy atom. The van der Waals surface area contributed by atoms with Crippen LogP contribution in [0.5, 0.6) is 0 Å². The molecule has 0 spiro atoms. The second-order valence-corrected chi connectivity index (χ2v) is 7.80. The van der Waals surface area contributed by atoms with E-state index in [-0.39, 0.29) is 11.2 Å². The molecule has 2 N–H and O–H groups in total. The van der Waals surface area contributed by atoms with Gasteiger partial charge in [-0.1, -0.05) is 42.1 Å². The zero-order valence-corrected chi connectivity index (χ0v) is 14.5. The molecule has 2 aromatic heterocycles. The molecule has 0 aliphatic carbocycles. The number of hydrogen-bond donors (Lipinski definition) is 2. The highest BCUT2D eigenvalue weighted by molar-refractivity contribution is 8.02. The van der Waals surface area contributed by atoms with Crippen molar-refractivity contribution in [3.05, 3.63) is 11.8 Å². The van der Waals surface area contributed by atoms with Crippen molar-refractivity contribution in [3.8, 4) is 0 Å². The van der Waals surface area contributed by atoms with Gasteiger partial charge in [0, 0.05) is 12.6 Å². The lowest BCUT2D eigenvalue weighted by Crippen LogP contribution is -2.22. The predicted molar refractivity (Wildman–Crippen MR) is 88.4 cm³/mol. The number of anilines is 2. The highest BCUT2D eigenvalue weighted by atomic mass is 32.2. The highest BCUT2D eigenvalue weighted by Gasteiger charge is 2.18. The average Bonchev–Trinajstić information content (AvgIpc) is 3.05. The summed E-state index contributed by atoms with van der Waals surface area (Å²) < 4.78 is 5.72. The van der Waals surface area contributed by atoms with Gasteiger partial charge in [0.25, 0.3) is 0 Å². The van der Waals surface area contributed by atoms with Crippen molar-refractivity contribution in [2.45, 2.75) is 37.3 Å². The molecule has 2 aromatic rings. The monoisotopic (exact) mass is 341 g/mol. The summed E-state index contributed by atoms with van der Waals surface area (Å²) in [6.45, 7) is 8.71. The zero-order valence-electron chi connectivity index (χ0n) is 12.9. The smallest absolute Gasteiger partial charge is 0.240 e. The second kappa shape index (κ2) is 7.59. The summed E-state index contributed by atoms with van der Waals surface area (Å²) in [5.74, 6) is 0.731. The van der Waals surface area contributed by atoms with Gasteiger partial charge in [0.05, 0.1) is 10.9 Å². The summed E-state index contributed by atoms with van der Waals surface area (Å²) in [4.78, 5) is 12.1. The molecule has 1 unspecified atom stereocenters. The summed E-state index contributed by atoms with van der Waals surface area (Å²) in [7, 11) is 0. The summed E-state index contributed by atoms with van der Waals surface area (Å²) in [5.41, 5.74) is 0.723. The third-order valence-electron chi connectivity index (χ3n) is 2.59. The fourth-order valence-corrected chi connectivity index (χ4v) is 3.37. The van der Waals surface area contributed by atoms with Gasteiger partial charge in [0.15, 0.2) is 4.34 Å². The van der Waals surface area contributed by atoms with E-state index in [0.717, 1.165) is 21.7 Å². The normalized spacial score (nSPS) is 12.4.